The predicted octanol–water partition coefficient (Wildman–Crippen LogP) is 20.6. The SMILES string of the molecule is CC/C=C\C/C=C\C/C=C\C/C=C\C/C=C\CCCCCCCCCCCCCCCCCC(=O)NC(COC1OC(CO)C(O)C(O)C1O)C(O)/C=C/CC/C=C/CC/C=C/CCCCCCCCCCCCCCCCCCCCCCCCC. The molecule has 1 aliphatic heterocycles. The zero-order valence-electron chi connectivity index (χ0n) is 56.5. The highest BCUT2D eigenvalue weighted by Gasteiger charge is 2.44. The third-order valence-corrected chi connectivity index (χ3v) is 17.1. The molecule has 0 aliphatic carbocycles. The average molecular weight is 1220 g/mol. The van der Waals surface area contributed by atoms with Gasteiger partial charge in [-0.15, -0.1) is 0 Å². The van der Waals surface area contributed by atoms with Gasteiger partial charge in [0, 0.05) is 6.42 Å². The lowest BCUT2D eigenvalue weighted by molar-refractivity contribution is -0.302. The number of hydrogen-bond acceptors (Lipinski definition) is 8. The van der Waals surface area contributed by atoms with Gasteiger partial charge in [-0.25, -0.2) is 0 Å². The standard InChI is InChI=1S/C78H139NO8/c1-3-5-7-9-11-13-15-17-19-21-23-25-27-29-31-33-35-36-38-39-41-43-45-47-49-51-53-55-57-59-61-63-65-67-72(81)71(70-86-78-77(85)76(84)75(83)73(69-80)87-78)79-74(82)68-66-64-62-60-58-56-54-52-50-48-46-44-42-40-37-34-32-30-28-26-24-22-20-18-16-14-12-10-8-6-4-2/h6,8,12,14,18,20,24,26,30,32,49,51,57,59,65,67,71-73,75-78,80-81,83-85H,3-5,7,9-11,13,15-17,19,21-23,25,27-29,31,33-48,50,52-56,58,60-64,66,68-70H2,1-2H3,(H,79,82)/b8-6-,14-12-,20-18-,26-24-,32-30-,51-49+,59-57+,67-65+. The molecule has 0 spiro atoms. The quantitative estimate of drug-likeness (QED) is 0.0261. The number of unbranched alkanes of at least 4 members (excludes halogenated alkanes) is 40. The van der Waals surface area contributed by atoms with Crippen molar-refractivity contribution in [1.82, 2.24) is 5.32 Å². The van der Waals surface area contributed by atoms with Crippen LogP contribution in [-0.2, 0) is 14.3 Å². The second kappa shape index (κ2) is 66.0. The van der Waals surface area contributed by atoms with Crippen LogP contribution in [0.25, 0.3) is 0 Å². The van der Waals surface area contributed by atoms with E-state index in [4.69, 9.17) is 9.47 Å². The minimum atomic E-state index is -1.58. The third-order valence-electron chi connectivity index (χ3n) is 17.1. The first kappa shape index (κ1) is 82.1. The van der Waals surface area contributed by atoms with Gasteiger partial charge in [0.15, 0.2) is 6.29 Å². The normalized spacial score (nSPS) is 18.5. The first-order valence-corrected chi connectivity index (χ1v) is 37.0. The molecule has 1 aliphatic rings. The summed E-state index contributed by atoms with van der Waals surface area (Å²) in [5.74, 6) is -0.190. The minimum absolute atomic E-state index is 0.190. The van der Waals surface area contributed by atoms with Gasteiger partial charge in [-0.3, -0.25) is 4.79 Å². The van der Waals surface area contributed by atoms with Crippen molar-refractivity contribution in [2.24, 2.45) is 0 Å². The monoisotopic (exact) mass is 1220 g/mol. The molecule has 1 rings (SSSR count). The van der Waals surface area contributed by atoms with E-state index in [9.17, 15) is 30.3 Å². The van der Waals surface area contributed by atoms with Crippen LogP contribution in [-0.4, -0.2) is 87.5 Å². The number of aliphatic hydroxyl groups is 5. The smallest absolute Gasteiger partial charge is 0.220 e. The number of amides is 1. The van der Waals surface area contributed by atoms with Crippen LogP contribution in [0.15, 0.2) is 97.2 Å². The maximum Gasteiger partial charge on any atom is 0.220 e. The van der Waals surface area contributed by atoms with Crippen molar-refractivity contribution >= 4 is 5.91 Å². The summed E-state index contributed by atoms with van der Waals surface area (Å²) in [5.41, 5.74) is 0. The van der Waals surface area contributed by atoms with Gasteiger partial charge in [0.25, 0.3) is 0 Å². The molecule has 6 N–H and O–H groups in total. The van der Waals surface area contributed by atoms with Gasteiger partial charge in [0.05, 0.1) is 25.4 Å². The van der Waals surface area contributed by atoms with E-state index >= 15 is 0 Å². The molecule has 1 amide bonds. The van der Waals surface area contributed by atoms with Crippen LogP contribution in [0.2, 0.25) is 0 Å². The summed E-state index contributed by atoms with van der Waals surface area (Å²) in [5, 5.41) is 54.8. The molecule has 504 valence electrons. The van der Waals surface area contributed by atoms with E-state index in [1.165, 1.54) is 238 Å². The van der Waals surface area contributed by atoms with Gasteiger partial charge < -0.3 is 40.3 Å². The molecule has 0 radical (unpaired) electrons. The lowest BCUT2D eigenvalue weighted by Crippen LogP contribution is -2.60. The maximum atomic E-state index is 13.1. The summed E-state index contributed by atoms with van der Waals surface area (Å²) in [6.07, 6.45) is 89.6. The van der Waals surface area contributed by atoms with E-state index in [0.717, 1.165) is 77.0 Å². The highest BCUT2D eigenvalue weighted by atomic mass is 16.7. The van der Waals surface area contributed by atoms with Crippen LogP contribution in [0.1, 0.15) is 335 Å². The molecule has 9 nitrogen and oxygen atoms in total. The van der Waals surface area contributed by atoms with Gasteiger partial charge >= 0.3 is 0 Å². The third kappa shape index (κ3) is 54.6. The molecule has 1 heterocycles. The van der Waals surface area contributed by atoms with Gasteiger partial charge in [0.1, 0.15) is 24.4 Å². The fraction of sp³-hybridized carbons (Fsp3) is 0.782. The number of hydrogen-bond donors (Lipinski definition) is 6. The molecule has 7 atom stereocenters. The lowest BCUT2D eigenvalue weighted by atomic mass is 9.99. The summed E-state index contributed by atoms with van der Waals surface area (Å²) in [6, 6.07) is -0.836. The fourth-order valence-electron chi connectivity index (χ4n) is 11.4. The van der Waals surface area contributed by atoms with E-state index in [1.807, 2.05) is 6.08 Å². The summed E-state index contributed by atoms with van der Waals surface area (Å²) < 4.78 is 11.3. The topological polar surface area (TPSA) is 149 Å². The largest absolute Gasteiger partial charge is 0.394 e. The predicted molar refractivity (Wildman–Crippen MR) is 373 cm³/mol. The van der Waals surface area contributed by atoms with Crippen LogP contribution in [0.3, 0.4) is 0 Å². The zero-order valence-corrected chi connectivity index (χ0v) is 56.5. The molecule has 87 heavy (non-hydrogen) atoms. The molecule has 0 aromatic rings. The van der Waals surface area contributed by atoms with Gasteiger partial charge in [0.2, 0.25) is 5.91 Å². The Morgan fingerprint density at radius 3 is 1.10 bits per heavy atom. The van der Waals surface area contributed by atoms with E-state index in [0.29, 0.717) is 6.42 Å². The molecule has 1 saturated heterocycles. The first-order chi connectivity index (χ1) is 42.8. The van der Waals surface area contributed by atoms with E-state index < -0.39 is 49.5 Å². The molecule has 0 saturated carbocycles. The minimum Gasteiger partial charge on any atom is -0.394 e. The van der Waals surface area contributed by atoms with Crippen molar-refractivity contribution in [2.75, 3.05) is 13.2 Å². The van der Waals surface area contributed by atoms with E-state index in [2.05, 4.69) is 104 Å². The van der Waals surface area contributed by atoms with Crippen molar-refractivity contribution in [3.05, 3.63) is 97.2 Å². The Bertz CT molecular complexity index is 1700. The molecular weight excluding hydrogens is 1080 g/mol. The number of aliphatic hydroxyl groups excluding tert-OH is 5. The fourth-order valence-corrected chi connectivity index (χ4v) is 11.4. The van der Waals surface area contributed by atoms with Crippen LogP contribution < -0.4 is 5.32 Å². The highest BCUT2D eigenvalue weighted by Crippen LogP contribution is 2.23. The van der Waals surface area contributed by atoms with E-state index in [-0.39, 0.29) is 12.5 Å². The van der Waals surface area contributed by atoms with Crippen molar-refractivity contribution in [1.29, 1.82) is 0 Å². The highest BCUT2D eigenvalue weighted by molar-refractivity contribution is 5.76. The Labute approximate surface area is 536 Å². The second-order valence-corrected chi connectivity index (χ2v) is 25.3. The van der Waals surface area contributed by atoms with Gasteiger partial charge in [-0.05, 0) is 89.9 Å². The first-order valence-electron chi connectivity index (χ1n) is 37.0. The van der Waals surface area contributed by atoms with Crippen LogP contribution in [0.5, 0.6) is 0 Å². The van der Waals surface area contributed by atoms with Crippen molar-refractivity contribution in [3.63, 3.8) is 0 Å². The van der Waals surface area contributed by atoms with Crippen LogP contribution in [0.4, 0.5) is 0 Å². The van der Waals surface area contributed by atoms with Crippen LogP contribution in [0, 0.1) is 0 Å². The molecule has 7 unspecified atom stereocenters. The number of allylic oxidation sites excluding steroid dienone is 15. The van der Waals surface area contributed by atoms with Crippen molar-refractivity contribution in [2.45, 2.75) is 378 Å². The summed E-state index contributed by atoms with van der Waals surface area (Å²) in [7, 11) is 0. The van der Waals surface area contributed by atoms with Gasteiger partial charge in [-0.2, -0.15) is 0 Å². The summed E-state index contributed by atoms with van der Waals surface area (Å²) in [6.45, 7) is 3.68. The molecule has 9 heteroatoms. The lowest BCUT2D eigenvalue weighted by Gasteiger charge is -2.40. The Morgan fingerprint density at radius 2 is 0.724 bits per heavy atom. The molecular formula is C78H139NO8. The average Bonchev–Trinajstić information content (AvgIpc) is 3.47. The Hall–Kier alpha value is -2.89. The molecule has 0 aromatic heterocycles. The number of nitrogens with one attached hydrogen (secondary N) is 1. The number of ether oxygens (including phenoxy) is 2. The number of rotatable bonds is 64. The molecule has 0 bridgehead atoms. The van der Waals surface area contributed by atoms with Crippen molar-refractivity contribution < 1.29 is 39.8 Å². The van der Waals surface area contributed by atoms with Crippen LogP contribution >= 0.6 is 0 Å². The Balaban J connectivity index is 2.15. The van der Waals surface area contributed by atoms with Crippen molar-refractivity contribution in [3.8, 4) is 0 Å². The Kier molecular flexibility index (Phi) is 62.3. The second-order valence-electron chi connectivity index (χ2n) is 25.3. The molecule has 0 aromatic carbocycles. The maximum absolute atomic E-state index is 13.1. The summed E-state index contributed by atoms with van der Waals surface area (Å²) >= 11 is 0. The Morgan fingerprint density at radius 1 is 0.402 bits per heavy atom. The zero-order chi connectivity index (χ0) is 62.8. The van der Waals surface area contributed by atoms with Gasteiger partial charge in [-0.1, -0.05) is 336 Å². The summed E-state index contributed by atoms with van der Waals surface area (Å²) in [4.78, 5) is 13.1. The van der Waals surface area contributed by atoms with E-state index in [1.54, 1.807) is 6.08 Å². The molecule has 1 fully saturated rings. The number of carbonyl (C=O) groups is 1. The number of carbonyl (C=O) groups excluding carboxylic acids is 1.